The van der Waals surface area contributed by atoms with Crippen LogP contribution in [0.25, 0.3) is 10.8 Å². The highest BCUT2D eigenvalue weighted by Crippen LogP contribution is 2.30. The minimum Gasteiger partial charge on any atom is -0.467 e. The molecule has 1 atom stereocenters. The van der Waals surface area contributed by atoms with Crippen molar-refractivity contribution in [3.63, 3.8) is 0 Å². The summed E-state index contributed by atoms with van der Waals surface area (Å²) in [6, 6.07) is 11.9. The van der Waals surface area contributed by atoms with Crippen LogP contribution in [0.15, 0.2) is 36.4 Å². The molecule has 0 saturated heterocycles. The molecule has 2 aromatic carbocycles. The van der Waals surface area contributed by atoms with Gasteiger partial charge in [0.2, 0.25) is 0 Å². The Bertz CT molecular complexity index is 604. The molecule has 4 heteroatoms. The lowest BCUT2D eigenvalue weighted by atomic mass is 10.1. The van der Waals surface area contributed by atoms with E-state index in [4.69, 9.17) is 9.47 Å². The van der Waals surface area contributed by atoms with Crippen LogP contribution in [0, 0.1) is 0 Å². The van der Waals surface area contributed by atoms with E-state index in [1.165, 1.54) is 0 Å². The Kier molecular flexibility index (Phi) is 5.03. The first-order chi connectivity index (χ1) is 9.93. The van der Waals surface area contributed by atoms with E-state index in [1.807, 2.05) is 36.4 Å². The first-order valence-corrected chi connectivity index (χ1v) is 10.9. The highest BCUT2D eigenvalue weighted by molar-refractivity contribution is 6.77. The molecule has 0 aliphatic rings. The minimum atomic E-state index is -1.33. The van der Waals surface area contributed by atoms with Crippen molar-refractivity contribution in [1.29, 1.82) is 0 Å². The van der Waals surface area contributed by atoms with Gasteiger partial charge in [-0.3, -0.25) is 0 Å². The zero-order valence-electron chi connectivity index (χ0n) is 13.2. The Morgan fingerprint density at radius 2 is 1.81 bits per heavy atom. The number of ether oxygens (including phenoxy) is 2. The third-order valence-electron chi connectivity index (χ3n) is 3.87. The molecule has 0 bridgehead atoms. The van der Waals surface area contributed by atoms with Crippen molar-refractivity contribution < 1.29 is 14.6 Å². The first kappa shape index (κ1) is 16.0. The summed E-state index contributed by atoms with van der Waals surface area (Å²) in [5, 5.41) is 11.6. The van der Waals surface area contributed by atoms with Crippen LogP contribution in [0.4, 0.5) is 0 Å². The standard InChI is InChI=1S/C17H24O3Si/c1-13(21(2,3)4)19-12-20-17-15(11-18)10-9-14-7-5-6-8-16(14)17/h5-10,13,18H,11-12H2,1-4H3. The van der Waals surface area contributed by atoms with Gasteiger partial charge in [0.15, 0.2) is 6.79 Å². The first-order valence-electron chi connectivity index (χ1n) is 7.29. The third kappa shape index (κ3) is 3.84. The summed E-state index contributed by atoms with van der Waals surface area (Å²) in [6.45, 7) is 9.10. The molecule has 0 radical (unpaired) electrons. The molecule has 2 aromatic rings. The van der Waals surface area contributed by atoms with E-state index in [2.05, 4.69) is 26.6 Å². The summed E-state index contributed by atoms with van der Waals surface area (Å²) < 4.78 is 11.7. The van der Waals surface area contributed by atoms with Gasteiger partial charge < -0.3 is 14.6 Å². The normalized spacial score (nSPS) is 13.4. The molecule has 0 aromatic heterocycles. The fourth-order valence-corrected chi connectivity index (χ4v) is 2.60. The highest BCUT2D eigenvalue weighted by Gasteiger charge is 2.23. The maximum Gasteiger partial charge on any atom is 0.189 e. The van der Waals surface area contributed by atoms with Gasteiger partial charge in [-0.15, -0.1) is 0 Å². The maximum absolute atomic E-state index is 9.50. The van der Waals surface area contributed by atoms with E-state index in [0.717, 1.165) is 22.1 Å². The van der Waals surface area contributed by atoms with Gasteiger partial charge in [0.1, 0.15) is 5.75 Å². The molecule has 0 aliphatic carbocycles. The van der Waals surface area contributed by atoms with Gasteiger partial charge in [0.05, 0.1) is 14.7 Å². The number of benzene rings is 2. The van der Waals surface area contributed by atoms with Crippen LogP contribution in [0.3, 0.4) is 0 Å². The molecule has 2 rings (SSSR count). The molecule has 0 aliphatic heterocycles. The predicted octanol–water partition coefficient (Wildman–Crippen LogP) is 3.95. The number of hydrogen-bond acceptors (Lipinski definition) is 3. The average Bonchev–Trinajstić information content (AvgIpc) is 2.46. The second-order valence-corrected chi connectivity index (χ2v) is 11.9. The van der Waals surface area contributed by atoms with Gasteiger partial charge >= 0.3 is 0 Å². The maximum atomic E-state index is 9.50. The molecule has 0 spiro atoms. The summed E-state index contributed by atoms with van der Waals surface area (Å²) in [4.78, 5) is 0. The average molecular weight is 304 g/mol. The molecule has 0 saturated carbocycles. The Morgan fingerprint density at radius 3 is 2.48 bits per heavy atom. The molecule has 1 unspecified atom stereocenters. The SMILES string of the molecule is CC(OCOc1c(CO)ccc2ccccc12)[Si](C)(C)C. The Balaban J connectivity index is 2.17. The van der Waals surface area contributed by atoms with Gasteiger partial charge in [-0.1, -0.05) is 56.0 Å². The van der Waals surface area contributed by atoms with Gasteiger partial charge in [0.25, 0.3) is 0 Å². The van der Waals surface area contributed by atoms with Crippen molar-refractivity contribution in [1.82, 2.24) is 0 Å². The van der Waals surface area contributed by atoms with Crippen molar-refractivity contribution in [2.45, 2.75) is 38.9 Å². The molecular weight excluding hydrogens is 280 g/mol. The van der Waals surface area contributed by atoms with Crippen LogP contribution in [0.5, 0.6) is 5.75 Å². The van der Waals surface area contributed by atoms with Crippen LogP contribution in [0.2, 0.25) is 19.6 Å². The lowest BCUT2D eigenvalue weighted by Gasteiger charge is -2.25. The minimum absolute atomic E-state index is 0.0380. The second kappa shape index (κ2) is 6.60. The highest BCUT2D eigenvalue weighted by atomic mass is 28.3. The van der Waals surface area contributed by atoms with Crippen LogP contribution in [0.1, 0.15) is 12.5 Å². The third-order valence-corrected chi connectivity index (χ3v) is 6.48. The quantitative estimate of drug-likeness (QED) is 0.648. The van der Waals surface area contributed by atoms with E-state index >= 15 is 0 Å². The summed E-state index contributed by atoms with van der Waals surface area (Å²) in [6.07, 6.45) is 0. The number of fused-ring (bicyclic) bond motifs is 1. The van der Waals surface area contributed by atoms with E-state index in [9.17, 15) is 5.11 Å². The molecule has 0 fully saturated rings. The zero-order chi connectivity index (χ0) is 15.5. The van der Waals surface area contributed by atoms with Gasteiger partial charge in [0, 0.05) is 16.7 Å². The van der Waals surface area contributed by atoms with Crippen molar-refractivity contribution in [3.05, 3.63) is 42.0 Å². The number of aliphatic hydroxyl groups excluding tert-OH is 1. The Hall–Kier alpha value is -1.36. The molecule has 3 nitrogen and oxygen atoms in total. The predicted molar refractivity (Wildman–Crippen MR) is 89.3 cm³/mol. The molecule has 114 valence electrons. The zero-order valence-corrected chi connectivity index (χ0v) is 14.2. The van der Waals surface area contributed by atoms with Crippen LogP contribution in [-0.4, -0.2) is 25.7 Å². The molecule has 1 N–H and O–H groups in total. The van der Waals surface area contributed by atoms with E-state index in [1.54, 1.807) is 0 Å². The Labute approximate surface area is 127 Å². The summed E-state index contributed by atoms with van der Waals surface area (Å²) in [5.41, 5.74) is 1.02. The van der Waals surface area contributed by atoms with Crippen molar-refractivity contribution >= 4 is 18.8 Å². The van der Waals surface area contributed by atoms with E-state index in [-0.39, 0.29) is 19.1 Å². The van der Waals surface area contributed by atoms with Gasteiger partial charge in [-0.05, 0) is 12.3 Å². The number of hydrogen-bond donors (Lipinski definition) is 1. The lowest BCUT2D eigenvalue weighted by Crippen LogP contribution is -2.38. The smallest absolute Gasteiger partial charge is 0.189 e. The molecule has 0 amide bonds. The lowest BCUT2D eigenvalue weighted by molar-refractivity contribution is 0.000150. The van der Waals surface area contributed by atoms with Gasteiger partial charge in [-0.25, -0.2) is 0 Å². The summed E-state index contributed by atoms with van der Waals surface area (Å²) in [7, 11) is -1.33. The van der Waals surface area contributed by atoms with Crippen molar-refractivity contribution in [2.24, 2.45) is 0 Å². The largest absolute Gasteiger partial charge is 0.467 e. The molecular formula is C17H24O3Si. The van der Waals surface area contributed by atoms with Crippen molar-refractivity contribution in [2.75, 3.05) is 6.79 Å². The monoisotopic (exact) mass is 304 g/mol. The second-order valence-electron chi connectivity index (χ2n) is 6.37. The fourth-order valence-electron chi connectivity index (χ4n) is 2.03. The topological polar surface area (TPSA) is 38.7 Å². The van der Waals surface area contributed by atoms with E-state index < -0.39 is 8.07 Å². The van der Waals surface area contributed by atoms with Crippen LogP contribution in [-0.2, 0) is 11.3 Å². The van der Waals surface area contributed by atoms with Crippen LogP contribution >= 0.6 is 0 Å². The van der Waals surface area contributed by atoms with Gasteiger partial charge in [-0.2, -0.15) is 0 Å². The number of rotatable bonds is 6. The van der Waals surface area contributed by atoms with Crippen molar-refractivity contribution in [3.8, 4) is 5.75 Å². The molecule has 0 heterocycles. The Morgan fingerprint density at radius 1 is 1.10 bits per heavy atom. The molecule has 21 heavy (non-hydrogen) atoms. The van der Waals surface area contributed by atoms with E-state index in [0.29, 0.717) is 0 Å². The fraction of sp³-hybridized carbons (Fsp3) is 0.412. The summed E-state index contributed by atoms with van der Waals surface area (Å²) in [5.74, 6) is 0.721. The van der Waals surface area contributed by atoms with Crippen LogP contribution < -0.4 is 4.74 Å². The number of aliphatic hydroxyl groups is 1. The summed E-state index contributed by atoms with van der Waals surface area (Å²) >= 11 is 0.